The van der Waals surface area contributed by atoms with Crippen LogP contribution in [0.3, 0.4) is 0 Å². The first kappa shape index (κ1) is 9.79. The molecule has 0 radical (unpaired) electrons. The Morgan fingerprint density at radius 3 is 3.00 bits per heavy atom. The lowest BCUT2D eigenvalue weighted by molar-refractivity contribution is 0.417. The Morgan fingerprint density at radius 1 is 1.47 bits per heavy atom. The number of ether oxygens (including phenoxy) is 1. The molecule has 1 heterocycles. The number of rotatable bonds is 3. The van der Waals surface area contributed by atoms with Crippen LogP contribution < -0.4 is 15.8 Å². The molecule has 5 heteroatoms. The van der Waals surface area contributed by atoms with Gasteiger partial charge in [-0.25, -0.2) is 4.98 Å². The Hall–Kier alpha value is -1.75. The molecule has 1 aromatic heterocycles. The highest BCUT2D eigenvalue weighted by Gasteiger charge is 2.04. The van der Waals surface area contributed by atoms with E-state index >= 15 is 0 Å². The van der Waals surface area contributed by atoms with Gasteiger partial charge in [0.05, 0.1) is 12.8 Å². The van der Waals surface area contributed by atoms with E-state index in [1.807, 2.05) is 17.5 Å². The van der Waals surface area contributed by atoms with Crippen molar-refractivity contribution in [2.24, 2.45) is 0 Å². The lowest BCUT2D eigenvalue weighted by Gasteiger charge is -2.09. The summed E-state index contributed by atoms with van der Waals surface area (Å²) in [5, 5.41) is 5.90. The number of nitrogens with one attached hydrogen (secondary N) is 1. The Balaban J connectivity index is 2.28. The van der Waals surface area contributed by atoms with E-state index in [2.05, 4.69) is 10.3 Å². The molecule has 0 fully saturated rings. The van der Waals surface area contributed by atoms with E-state index in [0.717, 1.165) is 10.8 Å². The first-order valence-corrected chi connectivity index (χ1v) is 5.27. The van der Waals surface area contributed by atoms with Gasteiger partial charge in [-0.2, -0.15) is 0 Å². The summed E-state index contributed by atoms with van der Waals surface area (Å²) in [4.78, 5) is 4.13. The van der Waals surface area contributed by atoms with Gasteiger partial charge < -0.3 is 15.8 Å². The smallest absolute Gasteiger partial charge is 0.187 e. The van der Waals surface area contributed by atoms with E-state index in [1.165, 1.54) is 11.3 Å². The van der Waals surface area contributed by atoms with Crippen molar-refractivity contribution in [2.75, 3.05) is 18.2 Å². The summed E-state index contributed by atoms with van der Waals surface area (Å²) in [5.74, 6) is 0.713. The highest BCUT2D eigenvalue weighted by atomic mass is 32.1. The molecule has 0 saturated heterocycles. The van der Waals surface area contributed by atoms with Gasteiger partial charge in [-0.1, -0.05) is 0 Å². The zero-order valence-electron chi connectivity index (χ0n) is 8.23. The molecule has 3 N–H and O–H groups in total. The Morgan fingerprint density at radius 2 is 2.33 bits per heavy atom. The molecule has 0 aliphatic heterocycles. The molecule has 0 spiro atoms. The third-order valence-corrected chi connectivity index (χ3v) is 2.59. The zero-order valence-corrected chi connectivity index (χ0v) is 9.04. The zero-order chi connectivity index (χ0) is 10.7. The highest BCUT2D eigenvalue weighted by molar-refractivity contribution is 7.13. The van der Waals surface area contributed by atoms with Crippen LogP contribution in [0.4, 0.5) is 16.5 Å². The molecule has 0 atom stereocenters. The minimum atomic E-state index is 0.677. The van der Waals surface area contributed by atoms with Crippen LogP contribution in [0.2, 0.25) is 0 Å². The summed E-state index contributed by atoms with van der Waals surface area (Å²) in [7, 11) is 1.61. The van der Waals surface area contributed by atoms with E-state index in [1.54, 1.807) is 19.4 Å². The number of hydrogen-bond acceptors (Lipinski definition) is 5. The molecular weight excluding hydrogens is 210 g/mol. The van der Waals surface area contributed by atoms with Gasteiger partial charge in [0.25, 0.3) is 0 Å². The third kappa shape index (κ3) is 2.19. The predicted octanol–water partition coefficient (Wildman–Crippen LogP) is 2.48. The van der Waals surface area contributed by atoms with Gasteiger partial charge >= 0.3 is 0 Å². The fourth-order valence-electron chi connectivity index (χ4n) is 1.21. The Kier molecular flexibility index (Phi) is 2.73. The van der Waals surface area contributed by atoms with Crippen molar-refractivity contribution < 1.29 is 4.74 Å². The van der Waals surface area contributed by atoms with E-state index in [4.69, 9.17) is 10.5 Å². The van der Waals surface area contributed by atoms with Crippen LogP contribution in [0.25, 0.3) is 0 Å². The van der Waals surface area contributed by atoms with Crippen LogP contribution in [0.1, 0.15) is 0 Å². The molecule has 0 saturated carbocycles. The van der Waals surface area contributed by atoms with Crippen LogP contribution in [0.15, 0.2) is 29.8 Å². The lowest BCUT2D eigenvalue weighted by Crippen LogP contribution is -1.95. The molecule has 0 amide bonds. The van der Waals surface area contributed by atoms with Crippen LogP contribution >= 0.6 is 11.3 Å². The number of nitrogens with two attached hydrogens (primary N) is 1. The van der Waals surface area contributed by atoms with Crippen molar-refractivity contribution in [3.05, 3.63) is 29.8 Å². The van der Waals surface area contributed by atoms with Crippen LogP contribution in [-0.2, 0) is 0 Å². The van der Waals surface area contributed by atoms with Gasteiger partial charge in [-0.3, -0.25) is 0 Å². The van der Waals surface area contributed by atoms with E-state index in [-0.39, 0.29) is 0 Å². The molecule has 0 aliphatic carbocycles. The molecular formula is C10H11N3OS. The largest absolute Gasteiger partial charge is 0.494 e. The van der Waals surface area contributed by atoms with E-state index in [0.29, 0.717) is 11.4 Å². The second-order valence-corrected chi connectivity index (χ2v) is 3.82. The molecule has 2 rings (SSSR count). The monoisotopic (exact) mass is 221 g/mol. The lowest BCUT2D eigenvalue weighted by atomic mass is 10.2. The van der Waals surface area contributed by atoms with Gasteiger partial charge in [0.2, 0.25) is 0 Å². The van der Waals surface area contributed by atoms with E-state index in [9.17, 15) is 0 Å². The van der Waals surface area contributed by atoms with Gasteiger partial charge in [-0.15, -0.1) is 11.3 Å². The molecule has 2 aromatic rings. The van der Waals surface area contributed by atoms with Crippen molar-refractivity contribution in [3.63, 3.8) is 0 Å². The summed E-state index contributed by atoms with van der Waals surface area (Å²) < 4.78 is 5.21. The first-order valence-electron chi connectivity index (χ1n) is 4.39. The van der Waals surface area contributed by atoms with Gasteiger partial charge in [0.15, 0.2) is 5.13 Å². The minimum absolute atomic E-state index is 0.677. The van der Waals surface area contributed by atoms with Crippen molar-refractivity contribution in [3.8, 4) is 5.75 Å². The second kappa shape index (κ2) is 4.18. The maximum atomic E-state index is 5.66. The van der Waals surface area contributed by atoms with Crippen molar-refractivity contribution in [1.29, 1.82) is 0 Å². The highest BCUT2D eigenvalue weighted by Crippen LogP contribution is 2.29. The molecule has 4 nitrogen and oxygen atoms in total. The molecule has 0 unspecified atom stereocenters. The summed E-state index contributed by atoms with van der Waals surface area (Å²) in [6, 6.07) is 5.46. The van der Waals surface area contributed by atoms with Crippen molar-refractivity contribution in [2.45, 2.75) is 0 Å². The van der Waals surface area contributed by atoms with E-state index < -0.39 is 0 Å². The Bertz CT molecular complexity index is 442. The number of benzene rings is 1. The number of aromatic nitrogens is 1. The predicted molar refractivity (Wildman–Crippen MR) is 62.8 cm³/mol. The third-order valence-electron chi connectivity index (χ3n) is 1.90. The summed E-state index contributed by atoms with van der Waals surface area (Å²) in [5.41, 5.74) is 7.20. The standard InChI is InChI=1S/C10H11N3OS/c1-14-9-6-7(11)2-3-8(9)13-10-12-4-5-15-10/h2-6H,11H2,1H3,(H,12,13). The van der Waals surface area contributed by atoms with Crippen LogP contribution in [0, 0.1) is 0 Å². The van der Waals surface area contributed by atoms with Gasteiger partial charge in [-0.05, 0) is 12.1 Å². The van der Waals surface area contributed by atoms with Crippen LogP contribution in [-0.4, -0.2) is 12.1 Å². The summed E-state index contributed by atoms with van der Waals surface area (Å²) in [6.07, 6.45) is 1.75. The van der Waals surface area contributed by atoms with Crippen molar-refractivity contribution >= 4 is 27.8 Å². The quantitative estimate of drug-likeness (QED) is 0.782. The molecule has 78 valence electrons. The number of nitrogen functional groups attached to an aromatic ring is 1. The number of methoxy groups -OCH3 is 1. The van der Waals surface area contributed by atoms with Gasteiger partial charge in [0.1, 0.15) is 5.75 Å². The second-order valence-electron chi connectivity index (χ2n) is 2.92. The normalized spacial score (nSPS) is 9.93. The topological polar surface area (TPSA) is 60.2 Å². The first-order chi connectivity index (χ1) is 7.29. The summed E-state index contributed by atoms with van der Waals surface area (Å²) in [6.45, 7) is 0. The van der Waals surface area contributed by atoms with Crippen molar-refractivity contribution in [1.82, 2.24) is 4.98 Å². The molecule has 1 aromatic carbocycles. The average molecular weight is 221 g/mol. The SMILES string of the molecule is COc1cc(N)ccc1Nc1nccs1. The minimum Gasteiger partial charge on any atom is -0.494 e. The maximum Gasteiger partial charge on any atom is 0.187 e. The fourth-order valence-corrected chi connectivity index (χ4v) is 1.75. The number of thiazole rings is 1. The summed E-state index contributed by atoms with van der Waals surface area (Å²) >= 11 is 1.53. The average Bonchev–Trinajstić information content (AvgIpc) is 2.73. The fraction of sp³-hybridized carbons (Fsp3) is 0.100. The maximum absolute atomic E-state index is 5.66. The molecule has 0 aliphatic rings. The Labute approximate surface area is 91.7 Å². The van der Waals surface area contributed by atoms with Crippen LogP contribution in [0.5, 0.6) is 5.75 Å². The number of hydrogen-bond donors (Lipinski definition) is 2. The number of anilines is 3. The molecule has 15 heavy (non-hydrogen) atoms. The molecule has 0 bridgehead atoms. The number of nitrogens with zero attached hydrogens (tertiary/aromatic N) is 1. The van der Waals surface area contributed by atoms with Gasteiger partial charge in [0, 0.05) is 23.3 Å².